The molecule has 134 valence electrons. The number of carbonyl (C=O) groups excluding carboxylic acids is 1. The summed E-state index contributed by atoms with van der Waals surface area (Å²) in [7, 11) is 0. The molecule has 0 unspecified atom stereocenters. The van der Waals surface area contributed by atoms with Gasteiger partial charge in [0, 0.05) is 24.1 Å². The number of hydrogen-bond acceptors (Lipinski definition) is 3. The maximum absolute atomic E-state index is 12.4. The molecule has 4 nitrogen and oxygen atoms in total. The number of nitrogens with one attached hydrogen (secondary N) is 2. The van der Waals surface area contributed by atoms with E-state index in [0.29, 0.717) is 12.6 Å². The fraction of sp³-hybridized carbons (Fsp3) is 0.632. The fourth-order valence-electron chi connectivity index (χ4n) is 3.13. The zero-order valence-corrected chi connectivity index (χ0v) is 15.5. The molecule has 0 bridgehead atoms. The Balaban J connectivity index is 0.00000208. The molecule has 3 rings (SSSR count). The van der Waals surface area contributed by atoms with E-state index in [1.807, 2.05) is 0 Å². The molecular weight excluding hydrogens is 324 g/mol. The number of benzene rings is 1. The second-order valence-corrected chi connectivity index (χ2v) is 7.16. The van der Waals surface area contributed by atoms with Crippen molar-refractivity contribution in [2.45, 2.75) is 52.1 Å². The Morgan fingerprint density at radius 2 is 2.12 bits per heavy atom. The number of hydrogen-bond donors (Lipinski definition) is 2. The van der Waals surface area contributed by atoms with Crippen LogP contribution < -0.4 is 15.4 Å². The number of amides is 1. The van der Waals surface area contributed by atoms with Gasteiger partial charge in [0.05, 0.1) is 6.61 Å². The van der Waals surface area contributed by atoms with Crippen LogP contribution in [0.4, 0.5) is 0 Å². The van der Waals surface area contributed by atoms with Crippen molar-refractivity contribution in [3.8, 4) is 5.75 Å². The van der Waals surface area contributed by atoms with Gasteiger partial charge in [0.2, 0.25) is 5.91 Å². The molecule has 2 atom stereocenters. The summed E-state index contributed by atoms with van der Waals surface area (Å²) >= 11 is 0. The molecule has 1 aromatic carbocycles. The predicted molar refractivity (Wildman–Crippen MR) is 98.7 cm³/mol. The molecule has 0 radical (unpaired) electrons. The molecule has 1 saturated carbocycles. The van der Waals surface area contributed by atoms with Crippen LogP contribution in [0.25, 0.3) is 0 Å². The molecule has 1 aliphatic heterocycles. The first-order valence-corrected chi connectivity index (χ1v) is 8.85. The summed E-state index contributed by atoms with van der Waals surface area (Å²) in [5, 5.41) is 6.49. The SMILES string of the molecule is Cc1ccc(CNC(=O)[C@H]2CCN[C@@H](C)C2)c(OCC2CC2)c1.Cl. The predicted octanol–water partition coefficient (Wildman–Crippen LogP) is 3.21. The third-order valence-electron chi connectivity index (χ3n) is 4.84. The van der Waals surface area contributed by atoms with E-state index in [1.165, 1.54) is 18.4 Å². The zero-order valence-electron chi connectivity index (χ0n) is 14.6. The minimum Gasteiger partial charge on any atom is -0.493 e. The Hall–Kier alpha value is -1.26. The molecule has 1 heterocycles. The van der Waals surface area contributed by atoms with Crippen molar-refractivity contribution in [2.75, 3.05) is 13.2 Å². The van der Waals surface area contributed by atoms with E-state index in [4.69, 9.17) is 4.74 Å². The standard InChI is InChI=1S/C19H28N2O2.ClH/c1-13-3-6-17(18(9-13)23-12-15-4-5-15)11-21-19(22)16-7-8-20-14(2)10-16;/h3,6,9,14-16,20H,4-5,7-8,10-12H2,1-2H3,(H,21,22);1H/t14-,16-;/m0./s1. The second kappa shape index (κ2) is 8.72. The lowest BCUT2D eigenvalue weighted by Gasteiger charge is -2.27. The molecule has 24 heavy (non-hydrogen) atoms. The maximum atomic E-state index is 12.4. The first-order valence-electron chi connectivity index (χ1n) is 8.85. The molecule has 1 saturated heterocycles. The van der Waals surface area contributed by atoms with Crippen LogP contribution in [-0.2, 0) is 11.3 Å². The van der Waals surface area contributed by atoms with E-state index in [1.54, 1.807) is 0 Å². The zero-order chi connectivity index (χ0) is 16.2. The van der Waals surface area contributed by atoms with Gasteiger partial charge in [0.15, 0.2) is 0 Å². The van der Waals surface area contributed by atoms with E-state index < -0.39 is 0 Å². The maximum Gasteiger partial charge on any atom is 0.223 e. The highest BCUT2D eigenvalue weighted by atomic mass is 35.5. The van der Waals surface area contributed by atoms with Crippen LogP contribution in [0.3, 0.4) is 0 Å². The molecule has 1 aromatic rings. The van der Waals surface area contributed by atoms with Gasteiger partial charge in [-0.1, -0.05) is 12.1 Å². The van der Waals surface area contributed by atoms with Crippen molar-refractivity contribution >= 4 is 18.3 Å². The average Bonchev–Trinajstić information content (AvgIpc) is 3.36. The van der Waals surface area contributed by atoms with Gasteiger partial charge in [-0.3, -0.25) is 4.79 Å². The highest BCUT2D eigenvalue weighted by molar-refractivity contribution is 5.85. The van der Waals surface area contributed by atoms with Gasteiger partial charge < -0.3 is 15.4 Å². The fourth-order valence-corrected chi connectivity index (χ4v) is 3.13. The third kappa shape index (κ3) is 5.38. The Kier molecular flexibility index (Phi) is 6.93. The topological polar surface area (TPSA) is 50.4 Å². The molecular formula is C19H29ClN2O2. The quantitative estimate of drug-likeness (QED) is 0.826. The van der Waals surface area contributed by atoms with Crippen LogP contribution in [-0.4, -0.2) is 25.1 Å². The third-order valence-corrected chi connectivity index (χ3v) is 4.84. The summed E-state index contributed by atoms with van der Waals surface area (Å²) in [6.07, 6.45) is 4.41. The van der Waals surface area contributed by atoms with E-state index in [9.17, 15) is 4.79 Å². The number of ether oxygens (including phenoxy) is 1. The van der Waals surface area contributed by atoms with Crippen LogP contribution in [0.15, 0.2) is 18.2 Å². The lowest BCUT2D eigenvalue weighted by Crippen LogP contribution is -2.42. The van der Waals surface area contributed by atoms with Gasteiger partial charge in [0.25, 0.3) is 0 Å². The van der Waals surface area contributed by atoms with Gasteiger partial charge in [-0.05, 0) is 63.6 Å². The van der Waals surface area contributed by atoms with E-state index in [-0.39, 0.29) is 24.2 Å². The van der Waals surface area contributed by atoms with Crippen molar-refractivity contribution in [3.63, 3.8) is 0 Å². The first-order chi connectivity index (χ1) is 11.1. The minimum atomic E-state index is 0. The van der Waals surface area contributed by atoms with Crippen LogP contribution in [0.1, 0.15) is 43.7 Å². The van der Waals surface area contributed by atoms with Crippen molar-refractivity contribution in [2.24, 2.45) is 11.8 Å². The summed E-state index contributed by atoms with van der Waals surface area (Å²) in [6.45, 7) is 6.50. The van der Waals surface area contributed by atoms with Gasteiger partial charge in [0.1, 0.15) is 5.75 Å². The Bertz CT molecular complexity index is 560. The minimum absolute atomic E-state index is 0. The summed E-state index contributed by atoms with van der Waals surface area (Å²) in [6, 6.07) is 6.66. The van der Waals surface area contributed by atoms with E-state index in [0.717, 1.165) is 43.2 Å². The molecule has 2 fully saturated rings. The lowest BCUT2D eigenvalue weighted by atomic mass is 9.92. The Morgan fingerprint density at radius 1 is 1.33 bits per heavy atom. The van der Waals surface area contributed by atoms with Gasteiger partial charge in [-0.25, -0.2) is 0 Å². The van der Waals surface area contributed by atoms with Crippen molar-refractivity contribution in [1.82, 2.24) is 10.6 Å². The highest BCUT2D eigenvalue weighted by Gasteiger charge is 2.25. The molecule has 0 spiro atoms. The van der Waals surface area contributed by atoms with Crippen LogP contribution in [0, 0.1) is 18.8 Å². The van der Waals surface area contributed by atoms with Crippen molar-refractivity contribution in [1.29, 1.82) is 0 Å². The number of rotatable bonds is 6. The lowest BCUT2D eigenvalue weighted by molar-refractivity contribution is -0.126. The van der Waals surface area contributed by atoms with Gasteiger partial charge in [-0.15, -0.1) is 12.4 Å². The average molecular weight is 353 g/mol. The molecule has 1 aliphatic carbocycles. The number of halogens is 1. The van der Waals surface area contributed by atoms with Crippen molar-refractivity contribution in [3.05, 3.63) is 29.3 Å². The Labute approximate surface area is 151 Å². The van der Waals surface area contributed by atoms with Crippen LogP contribution in [0.5, 0.6) is 5.75 Å². The molecule has 0 aromatic heterocycles. The number of aryl methyl sites for hydroxylation is 1. The number of carbonyl (C=O) groups is 1. The van der Waals surface area contributed by atoms with Crippen LogP contribution in [0.2, 0.25) is 0 Å². The van der Waals surface area contributed by atoms with E-state index >= 15 is 0 Å². The van der Waals surface area contributed by atoms with Gasteiger partial charge >= 0.3 is 0 Å². The van der Waals surface area contributed by atoms with E-state index in [2.05, 4.69) is 42.7 Å². The monoisotopic (exact) mass is 352 g/mol. The highest BCUT2D eigenvalue weighted by Crippen LogP contribution is 2.30. The van der Waals surface area contributed by atoms with Crippen molar-refractivity contribution < 1.29 is 9.53 Å². The molecule has 2 aliphatic rings. The molecule has 5 heteroatoms. The normalized spacial score (nSPS) is 23.2. The summed E-state index contributed by atoms with van der Waals surface area (Å²) in [5.74, 6) is 1.96. The summed E-state index contributed by atoms with van der Waals surface area (Å²) in [4.78, 5) is 12.4. The van der Waals surface area contributed by atoms with Gasteiger partial charge in [-0.2, -0.15) is 0 Å². The molecule has 2 N–H and O–H groups in total. The smallest absolute Gasteiger partial charge is 0.223 e. The molecule has 1 amide bonds. The van der Waals surface area contributed by atoms with Crippen LogP contribution >= 0.6 is 12.4 Å². The summed E-state index contributed by atoms with van der Waals surface area (Å²) < 4.78 is 5.98. The Morgan fingerprint density at radius 3 is 2.83 bits per heavy atom. The second-order valence-electron chi connectivity index (χ2n) is 7.16. The largest absolute Gasteiger partial charge is 0.493 e. The summed E-state index contributed by atoms with van der Waals surface area (Å²) in [5.41, 5.74) is 2.27. The first kappa shape index (κ1) is 19.1. The number of piperidine rings is 1.